The molecule has 1 fully saturated rings. The fourth-order valence-electron chi connectivity index (χ4n) is 2.60. The Morgan fingerprint density at radius 3 is 2.56 bits per heavy atom. The van der Waals surface area contributed by atoms with E-state index >= 15 is 0 Å². The molecule has 0 spiro atoms. The minimum atomic E-state index is -0.328. The van der Waals surface area contributed by atoms with Gasteiger partial charge in [0, 0.05) is 22.6 Å². The van der Waals surface area contributed by atoms with E-state index in [0.717, 1.165) is 11.4 Å². The Kier molecular flexibility index (Phi) is 4.83. The number of nitrogens with one attached hydrogen (secondary N) is 1. The van der Waals surface area contributed by atoms with Crippen LogP contribution < -0.4 is 5.32 Å². The molecule has 3 aromatic rings. The second-order valence-electron chi connectivity index (χ2n) is 5.74. The monoisotopic (exact) mass is 397 g/mol. The quantitative estimate of drug-likeness (QED) is 0.620. The first-order valence-electron chi connectivity index (χ1n) is 8.07. The molecular weight excluding hydrogens is 385 g/mol. The molecular formula is C20H13ClFN3OS. The Hall–Kier alpha value is -2.83. The van der Waals surface area contributed by atoms with Gasteiger partial charge in [-0.05, 0) is 78.5 Å². The number of aromatic nitrogens is 1. The zero-order valence-corrected chi connectivity index (χ0v) is 15.5. The van der Waals surface area contributed by atoms with E-state index in [1.165, 1.54) is 23.9 Å². The predicted molar refractivity (Wildman–Crippen MR) is 108 cm³/mol. The molecule has 0 saturated carbocycles. The highest BCUT2D eigenvalue weighted by Crippen LogP contribution is 2.29. The molecule has 1 amide bonds. The second-order valence-corrected chi connectivity index (χ2v) is 7.20. The third kappa shape index (κ3) is 3.97. The summed E-state index contributed by atoms with van der Waals surface area (Å²) < 4.78 is 15.0. The molecule has 4 nitrogen and oxygen atoms in total. The van der Waals surface area contributed by atoms with Crippen LogP contribution in [0.2, 0.25) is 5.02 Å². The molecule has 2 heterocycles. The second kappa shape index (κ2) is 7.42. The van der Waals surface area contributed by atoms with Gasteiger partial charge in [0.15, 0.2) is 5.17 Å². The largest absolute Gasteiger partial charge is 0.317 e. The van der Waals surface area contributed by atoms with E-state index in [2.05, 4.69) is 10.3 Å². The van der Waals surface area contributed by atoms with Crippen molar-refractivity contribution < 1.29 is 9.18 Å². The first-order valence-corrected chi connectivity index (χ1v) is 9.26. The molecule has 0 aliphatic carbocycles. The van der Waals surface area contributed by atoms with Crippen molar-refractivity contribution in [3.05, 3.63) is 88.3 Å². The molecule has 4 rings (SSSR count). The topological polar surface area (TPSA) is 46.4 Å². The third-order valence-electron chi connectivity index (χ3n) is 3.87. The normalized spacial score (nSPS) is 16.9. The van der Waals surface area contributed by atoms with Crippen LogP contribution in [0.15, 0.2) is 76.8 Å². The summed E-state index contributed by atoms with van der Waals surface area (Å²) in [7, 11) is 0. The smallest absolute Gasteiger partial charge is 0.264 e. The van der Waals surface area contributed by atoms with Crippen molar-refractivity contribution in [3.63, 3.8) is 0 Å². The van der Waals surface area contributed by atoms with Crippen LogP contribution in [0.25, 0.3) is 11.8 Å². The maximum Gasteiger partial charge on any atom is 0.264 e. The molecule has 27 heavy (non-hydrogen) atoms. The van der Waals surface area contributed by atoms with Crippen LogP contribution in [0.5, 0.6) is 0 Å². The molecule has 1 aliphatic heterocycles. The Bertz CT molecular complexity index is 1060. The highest BCUT2D eigenvalue weighted by molar-refractivity contribution is 8.18. The first-order chi connectivity index (χ1) is 13.1. The number of carbonyl (C=O) groups is 1. The molecule has 1 saturated heterocycles. The number of hydrogen-bond donors (Lipinski definition) is 1. The third-order valence-corrected chi connectivity index (χ3v) is 5.03. The highest BCUT2D eigenvalue weighted by atomic mass is 35.5. The van der Waals surface area contributed by atoms with Gasteiger partial charge in [-0.3, -0.25) is 4.79 Å². The molecule has 0 atom stereocenters. The molecule has 0 radical (unpaired) electrons. The number of rotatable bonds is 3. The first kappa shape index (κ1) is 17.6. The van der Waals surface area contributed by atoms with Crippen LogP contribution >= 0.6 is 23.4 Å². The van der Waals surface area contributed by atoms with Gasteiger partial charge in [0.25, 0.3) is 5.91 Å². The molecule has 0 bridgehead atoms. The Morgan fingerprint density at radius 2 is 1.81 bits per heavy atom. The number of aliphatic imine (C=N–C) groups is 1. The lowest BCUT2D eigenvalue weighted by Crippen LogP contribution is -2.19. The lowest BCUT2D eigenvalue weighted by Gasteiger charge is -2.06. The maximum absolute atomic E-state index is 13.0. The summed E-state index contributed by atoms with van der Waals surface area (Å²) >= 11 is 7.19. The van der Waals surface area contributed by atoms with Gasteiger partial charge in [-0.2, -0.15) is 0 Å². The van der Waals surface area contributed by atoms with E-state index in [4.69, 9.17) is 11.6 Å². The van der Waals surface area contributed by atoms with E-state index in [0.29, 0.717) is 20.8 Å². The number of benzene rings is 2. The zero-order valence-electron chi connectivity index (χ0n) is 13.9. The van der Waals surface area contributed by atoms with Crippen LogP contribution in [0, 0.1) is 5.82 Å². The van der Waals surface area contributed by atoms with Gasteiger partial charge in [-0.25, -0.2) is 9.38 Å². The van der Waals surface area contributed by atoms with Crippen molar-refractivity contribution in [1.82, 2.24) is 9.88 Å². The van der Waals surface area contributed by atoms with Crippen LogP contribution in [0.4, 0.5) is 10.1 Å². The number of hydrogen-bond acceptors (Lipinski definition) is 3. The van der Waals surface area contributed by atoms with Gasteiger partial charge in [0.1, 0.15) is 5.82 Å². The van der Waals surface area contributed by atoms with Crippen LogP contribution in [0.3, 0.4) is 0 Å². The minimum Gasteiger partial charge on any atom is -0.317 e. The van der Waals surface area contributed by atoms with E-state index in [1.807, 2.05) is 53.2 Å². The molecule has 0 unspecified atom stereocenters. The number of nitrogens with zero attached hydrogens (tertiary/aromatic N) is 2. The molecule has 1 aromatic heterocycles. The lowest BCUT2D eigenvalue weighted by molar-refractivity contribution is -0.115. The number of amides is 1. The molecule has 134 valence electrons. The highest BCUT2D eigenvalue weighted by Gasteiger charge is 2.24. The van der Waals surface area contributed by atoms with Gasteiger partial charge in [0.05, 0.1) is 10.6 Å². The number of carbonyl (C=O) groups excluding carboxylic acids is 1. The fraction of sp³-hybridized carbons (Fsp3) is 0. The molecule has 1 aliphatic rings. The molecule has 1 N–H and O–H groups in total. The summed E-state index contributed by atoms with van der Waals surface area (Å²) in [6.45, 7) is 0. The Balaban J connectivity index is 1.60. The van der Waals surface area contributed by atoms with Crippen molar-refractivity contribution in [1.29, 1.82) is 0 Å². The van der Waals surface area contributed by atoms with Crippen LogP contribution in [-0.4, -0.2) is 15.6 Å². The number of thioether (sulfide) groups is 1. The van der Waals surface area contributed by atoms with Crippen LogP contribution in [-0.2, 0) is 4.79 Å². The minimum absolute atomic E-state index is 0.218. The van der Waals surface area contributed by atoms with Gasteiger partial charge in [-0.1, -0.05) is 11.6 Å². The molecule has 7 heteroatoms. The average Bonchev–Trinajstić information content (AvgIpc) is 3.25. The average molecular weight is 398 g/mol. The van der Waals surface area contributed by atoms with Crippen LogP contribution in [0.1, 0.15) is 5.69 Å². The van der Waals surface area contributed by atoms with Crippen molar-refractivity contribution in [2.24, 2.45) is 4.99 Å². The van der Waals surface area contributed by atoms with E-state index in [1.54, 1.807) is 12.1 Å². The molecule has 2 aromatic carbocycles. The lowest BCUT2D eigenvalue weighted by atomic mass is 10.3. The SMILES string of the molecule is O=C1NC(=Nc2ccc(F)cc2)S/C1=C\c1cccn1-c1ccc(Cl)cc1. The van der Waals surface area contributed by atoms with Gasteiger partial charge < -0.3 is 9.88 Å². The van der Waals surface area contributed by atoms with Crippen molar-refractivity contribution in [3.8, 4) is 5.69 Å². The summed E-state index contributed by atoms with van der Waals surface area (Å²) in [5.74, 6) is -0.546. The number of halogens is 2. The van der Waals surface area contributed by atoms with Gasteiger partial charge in [0.2, 0.25) is 0 Å². The van der Waals surface area contributed by atoms with Crippen molar-refractivity contribution >= 4 is 46.2 Å². The summed E-state index contributed by atoms with van der Waals surface area (Å²) in [5.41, 5.74) is 2.38. The summed E-state index contributed by atoms with van der Waals surface area (Å²) in [6.07, 6.45) is 3.72. The number of amidine groups is 1. The fourth-order valence-corrected chi connectivity index (χ4v) is 3.55. The summed E-state index contributed by atoms with van der Waals surface area (Å²) in [5, 5.41) is 3.86. The summed E-state index contributed by atoms with van der Waals surface area (Å²) in [6, 6.07) is 17.1. The summed E-state index contributed by atoms with van der Waals surface area (Å²) in [4.78, 5) is 17.2. The van der Waals surface area contributed by atoms with E-state index in [-0.39, 0.29) is 11.7 Å². The standard InChI is InChI=1S/C20H13ClFN3OS/c21-13-3-9-16(10-4-13)25-11-1-2-17(25)12-18-19(26)24-20(27-18)23-15-7-5-14(22)6-8-15/h1-12H,(H,23,24,26)/b18-12-. The van der Waals surface area contributed by atoms with E-state index < -0.39 is 0 Å². The predicted octanol–water partition coefficient (Wildman–Crippen LogP) is 5.16. The van der Waals surface area contributed by atoms with E-state index in [9.17, 15) is 9.18 Å². The zero-order chi connectivity index (χ0) is 18.8. The Morgan fingerprint density at radius 1 is 1.07 bits per heavy atom. The van der Waals surface area contributed by atoms with Crippen molar-refractivity contribution in [2.45, 2.75) is 0 Å². The van der Waals surface area contributed by atoms with Crippen molar-refractivity contribution in [2.75, 3.05) is 0 Å². The Labute approximate surface area is 164 Å². The van der Waals surface area contributed by atoms with Gasteiger partial charge in [-0.15, -0.1) is 0 Å². The van der Waals surface area contributed by atoms with Gasteiger partial charge >= 0.3 is 0 Å². The maximum atomic E-state index is 13.0.